The highest BCUT2D eigenvalue weighted by atomic mass is 16.2. The molecule has 96 valence electrons. The van der Waals surface area contributed by atoms with Crippen molar-refractivity contribution >= 4 is 23.2 Å². The maximum atomic E-state index is 11.8. The molecule has 1 N–H and O–H groups in total. The van der Waals surface area contributed by atoms with Gasteiger partial charge in [-0.05, 0) is 18.6 Å². The van der Waals surface area contributed by atoms with Crippen LogP contribution in [0.4, 0.5) is 11.4 Å². The summed E-state index contributed by atoms with van der Waals surface area (Å²) in [4.78, 5) is 25.3. The van der Waals surface area contributed by atoms with Crippen LogP contribution in [0.1, 0.15) is 26.7 Å². The van der Waals surface area contributed by atoms with E-state index in [2.05, 4.69) is 5.32 Å². The number of hydrogen-bond acceptors (Lipinski definition) is 2. The average molecular weight is 246 g/mol. The van der Waals surface area contributed by atoms with Crippen LogP contribution in [0.15, 0.2) is 24.3 Å². The van der Waals surface area contributed by atoms with Crippen molar-refractivity contribution in [3.8, 4) is 0 Å². The van der Waals surface area contributed by atoms with Crippen LogP contribution in [0.2, 0.25) is 0 Å². The fourth-order valence-corrected chi connectivity index (χ4v) is 1.99. The molecule has 0 aliphatic carbocycles. The summed E-state index contributed by atoms with van der Waals surface area (Å²) in [5, 5.41) is 2.87. The van der Waals surface area contributed by atoms with Crippen molar-refractivity contribution in [3.05, 3.63) is 24.3 Å². The Labute approximate surface area is 107 Å². The third-order valence-electron chi connectivity index (χ3n) is 3.05. The minimum absolute atomic E-state index is 0.0332. The zero-order valence-corrected chi connectivity index (χ0v) is 10.8. The van der Waals surface area contributed by atoms with E-state index in [9.17, 15) is 9.59 Å². The highest BCUT2D eigenvalue weighted by Gasteiger charge is 2.24. The van der Waals surface area contributed by atoms with Gasteiger partial charge in [0.15, 0.2) is 0 Å². The average Bonchev–Trinajstić information content (AvgIpc) is 2.76. The second-order valence-corrected chi connectivity index (χ2v) is 4.81. The maximum Gasteiger partial charge on any atom is 0.227 e. The molecule has 4 nitrogen and oxygen atoms in total. The number of nitrogens with one attached hydrogen (secondary N) is 1. The van der Waals surface area contributed by atoms with Gasteiger partial charge < -0.3 is 10.2 Å². The van der Waals surface area contributed by atoms with Gasteiger partial charge in [0.05, 0.1) is 11.4 Å². The maximum absolute atomic E-state index is 11.8. The molecule has 0 atom stereocenters. The van der Waals surface area contributed by atoms with E-state index in [4.69, 9.17) is 0 Å². The number of rotatable bonds is 3. The van der Waals surface area contributed by atoms with Gasteiger partial charge in [-0.2, -0.15) is 0 Å². The molecule has 1 fully saturated rings. The molecule has 1 aromatic carbocycles. The highest BCUT2D eigenvalue weighted by molar-refractivity contribution is 6.02. The molecule has 0 saturated carbocycles. The number of hydrogen-bond donors (Lipinski definition) is 1. The lowest BCUT2D eigenvalue weighted by Crippen LogP contribution is -2.26. The van der Waals surface area contributed by atoms with Gasteiger partial charge in [0.2, 0.25) is 11.8 Å². The minimum Gasteiger partial charge on any atom is -0.324 e. The predicted octanol–water partition coefficient (Wildman–Crippen LogP) is 2.41. The van der Waals surface area contributed by atoms with Crippen molar-refractivity contribution in [2.24, 2.45) is 5.92 Å². The van der Waals surface area contributed by atoms with Gasteiger partial charge in [0.25, 0.3) is 0 Å². The lowest BCUT2D eigenvalue weighted by molar-refractivity contribution is -0.119. The molecular weight excluding hydrogens is 228 g/mol. The van der Waals surface area contributed by atoms with Crippen LogP contribution in [0.25, 0.3) is 0 Å². The number of carbonyl (C=O) groups excluding carboxylic acids is 2. The Morgan fingerprint density at radius 1 is 1.33 bits per heavy atom. The summed E-state index contributed by atoms with van der Waals surface area (Å²) >= 11 is 0. The van der Waals surface area contributed by atoms with Crippen LogP contribution in [0.3, 0.4) is 0 Å². The van der Waals surface area contributed by atoms with Crippen molar-refractivity contribution in [3.63, 3.8) is 0 Å². The van der Waals surface area contributed by atoms with E-state index in [-0.39, 0.29) is 17.7 Å². The molecule has 1 aromatic rings. The third-order valence-corrected chi connectivity index (χ3v) is 3.05. The Morgan fingerprint density at radius 2 is 2.06 bits per heavy atom. The van der Waals surface area contributed by atoms with Crippen LogP contribution in [0.5, 0.6) is 0 Å². The first-order valence-corrected chi connectivity index (χ1v) is 6.30. The summed E-state index contributed by atoms with van der Waals surface area (Å²) in [6.45, 7) is 4.42. The summed E-state index contributed by atoms with van der Waals surface area (Å²) in [6, 6.07) is 7.45. The molecule has 0 bridgehead atoms. The van der Waals surface area contributed by atoms with Gasteiger partial charge in [-0.3, -0.25) is 9.59 Å². The molecule has 4 heteroatoms. The van der Waals surface area contributed by atoms with E-state index in [1.807, 2.05) is 38.1 Å². The lowest BCUT2D eigenvalue weighted by Gasteiger charge is -2.20. The van der Waals surface area contributed by atoms with Gasteiger partial charge in [0.1, 0.15) is 0 Å². The number of benzene rings is 1. The van der Waals surface area contributed by atoms with Crippen LogP contribution >= 0.6 is 0 Å². The standard InChI is InChI=1S/C14H18N2O2/c1-10(2)14(18)15-11-6-3-4-7-12(11)16-9-5-8-13(16)17/h3-4,6-7,10H,5,8-9H2,1-2H3,(H,15,18). The van der Waals surface area contributed by atoms with Crippen LogP contribution < -0.4 is 10.2 Å². The summed E-state index contributed by atoms with van der Waals surface area (Å²) in [5.41, 5.74) is 1.51. The lowest BCUT2D eigenvalue weighted by atomic mass is 10.2. The normalized spacial score (nSPS) is 15.3. The van der Waals surface area contributed by atoms with Crippen molar-refractivity contribution < 1.29 is 9.59 Å². The molecule has 0 unspecified atom stereocenters. The molecule has 0 radical (unpaired) electrons. The quantitative estimate of drug-likeness (QED) is 0.890. The fraction of sp³-hybridized carbons (Fsp3) is 0.429. The monoisotopic (exact) mass is 246 g/mol. The second-order valence-electron chi connectivity index (χ2n) is 4.81. The molecule has 1 saturated heterocycles. The third kappa shape index (κ3) is 2.53. The molecule has 0 spiro atoms. The van der Waals surface area contributed by atoms with Crippen LogP contribution in [0, 0.1) is 5.92 Å². The van der Waals surface area contributed by atoms with E-state index < -0.39 is 0 Å². The Bertz CT molecular complexity index is 469. The number of amides is 2. The number of anilines is 2. The molecule has 1 aliphatic heterocycles. The Hall–Kier alpha value is -1.84. The van der Waals surface area contributed by atoms with Gasteiger partial charge in [-0.1, -0.05) is 26.0 Å². The van der Waals surface area contributed by atoms with Gasteiger partial charge in [-0.25, -0.2) is 0 Å². The summed E-state index contributed by atoms with van der Waals surface area (Å²) in [6.07, 6.45) is 1.47. The minimum atomic E-state index is -0.0765. The largest absolute Gasteiger partial charge is 0.324 e. The van der Waals surface area contributed by atoms with E-state index in [0.717, 1.165) is 18.7 Å². The van der Waals surface area contributed by atoms with Crippen molar-refractivity contribution in [2.45, 2.75) is 26.7 Å². The number of para-hydroxylation sites is 2. The molecule has 1 heterocycles. The number of carbonyl (C=O) groups is 2. The van der Waals surface area contributed by atoms with Crippen molar-refractivity contribution in [1.29, 1.82) is 0 Å². The smallest absolute Gasteiger partial charge is 0.227 e. The Morgan fingerprint density at radius 3 is 2.67 bits per heavy atom. The van der Waals surface area contributed by atoms with E-state index in [1.54, 1.807) is 4.90 Å². The Kier molecular flexibility index (Phi) is 3.65. The van der Waals surface area contributed by atoms with Crippen LogP contribution in [-0.2, 0) is 9.59 Å². The zero-order valence-electron chi connectivity index (χ0n) is 10.8. The SMILES string of the molecule is CC(C)C(=O)Nc1ccccc1N1CCCC1=O. The van der Waals surface area contributed by atoms with Crippen molar-refractivity contribution in [2.75, 3.05) is 16.8 Å². The van der Waals surface area contributed by atoms with Crippen LogP contribution in [-0.4, -0.2) is 18.4 Å². The van der Waals surface area contributed by atoms with Gasteiger partial charge in [-0.15, -0.1) is 0 Å². The van der Waals surface area contributed by atoms with Gasteiger partial charge >= 0.3 is 0 Å². The summed E-state index contributed by atoms with van der Waals surface area (Å²) < 4.78 is 0. The molecule has 2 rings (SSSR count). The van der Waals surface area contributed by atoms with Gasteiger partial charge in [0, 0.05) is 18.9 Å². The predicted molar refractivity (Wildman–Crippen MR) is 71.5 cm³/mol. The van der Waals surface area contributed by atoms with Crippen molar-refractivity contribution in [1.82, 2.24) is 0 Å². The first-order valence-electron chi connectivity index (χ1n) is 6.30. The summed E-state index contributed by atoms with van der Waals surface area (Å²) in [5.74, 6) is 0.0164. The highest BCUT2D eigenvalue weighted by Crippen LogP contribution is 2.29. The second kappa shape index (κ2) is 5.21. The van der Waals surface area contributed by atoms with E-state index >= 15 is 0 Å². The number of nitrogens with zero attached hydrogens (tertiary/aromatic N) is 1. The summed E-state index contributed by atoms with van der Waals surface area (Å²) in [7, 11) is 0. The molecular formula is C14H18N2O2. The van der Waals surface area contributed by atoms with E-state index in [1.165, 1.54) is 0 Å². The first kappa shape index (κ1) is 12.6. The Balaban J connectivity index is 2.25. The zero-order chi connectivity index (χ0) is 13.1. The molecule has 18 heavy (non-hydrogen) atoms. The topological polar surface area (TPSA) is 49.4 Å². The van der Waals surface area contributed by atoms with E-state index in [0.29, 0.717) is 12.1 Å². The molecule has 0 aromatic heterocycles. The first-order chi connectivity index (χ1) is 8.59. The molecule has 1 aliphatic rings. The molecule has 2 amide bonds. The fourth-order valence-electron chi connectivity index (χ4n) is 1.99.